The van der Waals surface area contributed by atoms with Crippen molar-refractivity contribution in [3.8, 4) is 6.07 Å². The molecular formula is C12H14N4O2. The van der Waals surface area contributed by atoms with Gasteiger partial charge in [-0.3, -0.25) is 0 Å². The van der Waals surface area contributed by atoms with Crippen molar-refractivity contribution in [3.63, 3.8) is 0 Å². The summed E-state index contributed by atoms with van der Waals surface area (Å²) in [5.74, 6) is 0. The lowest BCUT2D eigenvalue weighted by Crippen LogP contribution is -2.36. The monoisotopic (exact) mass is 246 g/mol. The van der Waals surface area contributed by atoms with Crippen molar-refractivity contribution < 1.29 is 9.53 Å². The molecule has 1 unspecified atom stereocenters. The Balaban J connectivity index is 2.00. The minimum atomic E-state index is -0.408. The number of carbonyl (C=O) groups is 1. The lowest BCUT2D eigenvalue weighted by molar-refractivity contribution is 0.167. The molecule has 1 aliphatic rings. The van der Waals surface area contributed by atoms with Gasteiger partial charge >= 0.3 is 6.09 Å². The lowest BCUT2D eigenvalue weighted by atomic mass is 10.3. The fraction of sp³-hybridized carbons (Fsp3) is 0.417. The van der Waals surface area contributed by atoms with E-state index in [1.807, 2.05) is 12.1 Å². The van der Waals surface area contributed by atoms with E-state index >= 15 is 0 Å². The van der Waals surface area contributed by atoms with Gasteiger partial charge in [0.2, 0.25) is 0 Å². The Bertz CT molecular complexity index is 483. The number of aromatic nitrogens is 1. The Morgan fingerprint density at radius 1 is 1.72 bits per heavy atom. The largest absolute Gasteiger partial charge is 0.453 e. The zero-order valence-electron chi connectivity index (χ0n) is 10.1. The number of carbonyl (C=O) groups excluding carboxylic acids is 1. The summed E-state index contributed by atoms with van der Waals surface area (Å²) in [6.07, 6.45) is 2.07. The summed E-state index contributed by atoms with van der Waals surface area (Å²) in [6.45, 7) is 1.55. The molecule has 1 fully saturated rings. The molecule has 0 aliphatic carbocycles. The van der Waals surface area contributed by atoms with Crippen molar-refractivity contribution in [3.05, 3.63) is 24.0 Å². The quantitative estimate of drug-likeness (QED) is 0.838. The molecule has 1 amide bonds. The Morgan fingerprint density at radius 3 is 3.28 bits per heavy atom. The number of nitrogens with one attached hydrogen (secondary N) is 1. The first-order valence-corrected chi connectivity index (χ1v) is 5.68. The molecule has 18 heavy (non-hydrogen) atoms. The third-order valence-corrected chi connectivity index (χ3v) is 2.92. The van der Waals surface area contributed by atoms with Crippen LogP contribution in [-0.4, -0.2) is 37.3 Å². The number of hydrogen-bond donors (Lipinski definition) is 1. The van der Waals surface area contributed by atoms with E-state index in [1.165, 1.54) is 7.11 Å². The number of alkyl carbamates (subject to hydrolysis) is 1. The maximum absolute atomic E-state index is 11.1. The SMILES string of the molecule is COC(=O)NC1CCN(c2ccnc(C#N)c2)C1. The Morgan fingerprint density at radius 2 is 2.56 bits per heavy atom. The van der Waals surface area contributed by atoms with E-state index in [-0.39, 0.29) is 6.04 Å². The summed E-state index contributed by atoms with van der Waals surface area (Å²) in [5, 5.41) is 11.6. The fourth-order valence-electron chi connectivity index (χ4n) is 2.02. The lowest BCUT2D eigenvalue weighted by Gasteiger charge is -2.18. The Labute approximate surface area is 105 Å². The average Bonchev–Trinajstić information content (AvgIpc) is 2.87. The molecule has 0 radical (unpaired) electrons. The molecule has 0 saturated carbocycles. The van der Waals surface area contributed by atoms with E-state index < -0.39 is 6.09 Å². The van der Waals surface area contributed by atoms with Gasteiger partial charge in [0.15, 0.2) is 0 Å². The molecule has 1 aliphatic heterocycles. The first-order chi connectivity index (χ1) is 8.72. The molecule has 94 valence electrons. The number of ether oxygens (including phenoxy) is 1. The van der Waals surface area contributed by atoms with Crippen molar-refractivity contribution >= 4 is 11.8 Å². The first-order valence-electron chi connectivity index (χ1n) is 5.68. The van der Waals surface area contributed by atoms with E-state index in [9.17, 15) is 4.79 Å². The number of rotatable bonds is 2. The average molecular weight is 246 g/mol. The van der Waals surface area contributed by atoms with Crippen LogP contribution in [0.15, 0.2) is 18.3 Å². The summed E-state index contributed by atoms with van der Waals surface area (Å²) in [5.41, 5.74) is 1.35. The van der Waals surface area contributed by atoms with E-state index in [4.69, 9.17) is 5.26 Å². The topological polar surface area (TPSA) is 78.2 Å². The van der Waals surface area contributed by atoms with Gasteiger partial charge in [-0.05, 0) is 18.6 Å². The van der Waals surface area contributed by atoms with Crippen LogP contribution in [-0.2, 0) is 4.74 Å². The second-order valence-corrected chi connectivity index (χ2v) is 4.08. The first kappa shape index (κ1) is 12.2. The molecule has 6 heteroatoms. The highest BCUT2D eigenvalue weighted by molar-refractivity contribution is 5.67. The molecule has 0 bridgehead atoms. The van der Waals surface area contributed by atoms with Gasteiger partial charge in [-0.2, -0.15) is 5.26 Å². The summed E-state index contributed by atoms with van der Waals surface area (Å²) in [4.78, 5) is 17.2. The second kappa shape index (κ2) is 5.36. The van der Waals surface area contributed by atoms with Gasteiger partial charge in [-0.25, -0.2) is 9.78 Å². The molecule has 1 atom stereocenters. The summed E-state index contributed by atoms with van der Waals surface area (Å²) in [6, 6.07) is 5.71. The smallest absolute Gasteiger partial charge is 0.407 e. The zero-order valence-corrected chi connectivity index (χ0v) is 10.1. The Hall–Kier alpha value is -2.29. The van der Waals surface area contributed by atoms with Crippen LogP contribution in [0.25, 0.3) is 0 Å². The van der Waals surface area contributed by atoms with Crippen molar-refractivity contribution in [1.82, 2.24) is 10.3 Å². The number of hydrogen-bond acceptors (Lipinski definition) is 5. The molecule has 1 aromatic rings. The van der Waals surface area contributed by atoms with Crippen LogP contribution in [0, 0.1) is 11.3 Å². The van der Waals surface area contributed by atoms with E-state index in [0.29, 0.717) is 12.2 Å². The predicted molar refractivity (Wildman–Crippen MR) is 65.1 cm³/mol. The van der Waals surface area contributed by atoms with Crippen LogP contribution in [0.1, 0.15) is 12.1 Å². The molecule has 1 aromatic heterocycles. The van der Waals surface area contributed by atoms with Gasteiger partial charge in [0, 0.05) is 25.0 Å². The Kier molecular flexibility index (Phi) is 3.63. The highest BCUT2D eigenvalue weighted by Crippen LogP contribution is 2.20. The summed E-state index contributed by atoms with van der Waals surface area (Å²) < 4.78 is 4.57. The highest BCUT2D eigenvalue weighted by atomic mass is 16.5. The van der Waals surface area contributed by atoms with Gasteiger partial charge < -0.3 is 15.0 Å². The minimum Gasteiger partial charge on any atom is -0.453 e. The van der Waals surface area contributed by atoms with Crippen LogP contribution >= 0.6 is 0 Å². The van der Waals surface area contributed by atoms with Crippen molar-refractivity contribution in [2.45, 2.75) is 12.5 Å². The maximum atomic E-state index is 11.1. The number of anilines is 1. The number of nitriles is 1. The van der Waals surface area contributed by atoms with Crippen LogP contribution < -0.4 is 10.2 Å². The van der Waals surface area contributed by atoms with E-state index in [2.05, 4.69) is 19.9 Å². The van der Waals surface area contributed by atoms with Crippen molar-refractivity contribution in [1.29, 1.82) is 5.26 Å². The van der Waals surface area contributed by atoms with E-state index in [0.717, 1.165) is 18.7 Å². The standard InChI is InChI=1S/C12H14N4O2/c1-18-12(17)15-9-3-5-16(8-9)11-2-4-14-10(6-11)7-13/h2,4,6,9H,3,5,8H2,1H3,(H,15,17). The molecule has 1 saturated heterocycles. The number of nitrogens with zero attached hydrogens (tertiary/aromatic N) is 3. The molecular weight excluding hydrogens is 232 g/mol. The predicted octanol–water partition coefficient (Wildman–Crippen LogP) is 0.888. The second-order valence-electron chi connectivity index (χ2n) is 4.08. The number of pyridine rings is 1. The van der Waals surface area contributed by atoms with Crippen molar-refractivity contribution in [2.24, 2.45) is 0 Å². The molecule has 2 rings (SSSR count). The molecule has 0 spiro atoms. The van der Waals surface area contributed by atoms with Gasteiger partial charge in [-0.15, -0.1) is 0 Å². The third kappa shape index (κ3) is 2.69. The third-order valence-electron chi connectivity index (χ3n) is 2.92. The van der Waals surface area contributed by atoms with Crippen molar-refractivity contribution in [2.75, 3.05) is 25.1 Å². The van der Waals surface area contributed by atoms with Gasteiger partial charge in [0.05, 0.1) is 13.2 Å². The summed E-state index contributed by atoms with van der Waals surface area (Å²) >= 11 is 0. The van der Waals surface area contributed by atoms with Crippen LogP contribution in [0.4, 0.5) is 10.5 Å². The van der Waals surface area contributed by atoms with Gasteiger partial charge in [0.25, 0.3) is 0 Å². The van der Waals surface area contributed by atoms with Crippen LogP contribution in [0.3, 0.4) is 0 Å². The molecule has 1 N–H and O–H groups in total. The van der Waals surface area contributed by atoms with Gasteiger partial charge in [0.1, 0.15) is 11.8 Å². The van der Waals surface area contributed by atoms with Crippen LogP contribution in [0.2, 0.25) is 0 Å². The normalized spacial score (nSPS) is 18.2. The maximum Gasteiger partial charge on any atom is 0.407 e. The molecule has 6 nitrogen and oxygen atoms in total. The zero-order chi connectivity index (χ0) is 13.0. The molecule has 0 aromatic carbocycles. The summed E-state index contributed by atoms with van der Waals surface area (Å²) in [7, 11) is 1.35. The fourth-order valence-corrected chi connectivity index (χ4v) is 2.02. The van der Waals surface area contributed by atoms with E-state index in [1.54, 1.807) is 12.3 Å². The minimum absolute atomic E-state index is 0.0798. The number of amides is 1. The van der Waals surface area contributed by atoms with Crippen LogP contribution in [0.5, 0.6) is 0 Å². The highest BCUT2D eigenvalue weighted by Gasteiger charge is 2.24. The number of methoxy groups -OCH3 is 1. The molecule has 2 heterocycles. The van der Waals surface area contributed by atoms with Gasteiger partial charge in [-0.1, -0.05) is 0 Å².